The minimum absolute atomic E-state index is 0.113. The number of anilines is 1. The molecule has 1 atom stereocenters. The number of fused-ring (bicyclic) bond motifs is 1. The van der Waals surface area contributed by atoms with E-state index in [0.29, 0.717) is 23.5 Å². The van der Waals surface area contributed by atoms with Crippen molar-refractivity contribution in [2.24, 2.45) is 5.73 Å². The van der Waals surface area contributed by atoms with Crippen LogP contribution >= 0.6 is 0 Å². The van der Waals surface area contributed by atoms with Crippen LogP contribution < -0.4 is 15.4 Å². The fourth-order valence-electron chi connectivity index (χ4n) is 2.30. The Kier molecular flexibility index (Phi) is 3.56. The Hall–Kier alpha value is -1.88. The van der Waals surface area contributed by atoms with Gasteiger partial charge in [0.1, 0.15) is 5.75 Å². The molecule has 20 heavy (non-hydrogen) atoms. The van der Waals surface area contributed by atoms with E-state index in [1.54, 1.807) is 43.9 Å². The van der Waals surface area contributed by atoms with Gasteiger partial charge < -0.3 is 15.4 Å². The van der Waals surface area contributed by atoms with E-state index in [9.17, 15) is 9.59 Å². The number of likely N-dealkylation sites (N-methyl/N-ethyl adjacent to an activating group) is 1. The monoisotopic (exact) mass is 276 g/mol. The normalized spacial score (nSPS) is 18.2. The lowest BCUT2D eigenvalue weighted by Gasteiger charge is -2.38. The summed E-state index contributed by atoms with van der Waals surface area (Å²) >= 11 is 0. The van der Waals surface area contributed by atoms with Crippen LogP contribution in [0.4, 0.5) is 5.69 Å². The molecular weight excluding hydrogens is 256 g/mol. The van der Waals surface area contributed by atoms with E-state index in [-0.39, 0.29) is 11.7 Å². The molecule has 1 aliphatic heterocycles. The number of carbonyl (C=O) groups is 2. The predicted octanol–water partition coefficient (Wildman–Crippen LogP) is 1.74. The summed E-state index contributed by atoms with van der Waals surface area (Å²) in [6.07, 6.45) is 0. The molecule has 0 bridgehead atoms. The van der Waals surface area contributed by atoms with Crippen molar-refractivity contribution in [2.45, 2.75) is 39.3 Å². The first-order valence-corrected chi connectivity index (χ1v) is 6.72. The maximum atomic E-state index is 12.3. The topological polar surface area (TPSA) is 72.6 Å². The Morgan fingerprint density at radius 2 is 2.10 bits per heavy atom. The molecule has 0 saturated carbocycles. The molecule has 0 spiro atoms. The van der Waals surface area contributed by atoms with Crippen molar-refractivity contribution in [1.82, 2.24) is 0 Å². The molecule has 1 unspecified atom stereocenters. The van der Waals surface area contributed by atoms with Crippen molar-refractivity contribution in [1.29, 1.82) is 0 Å². The third-order valence-corrected chi connectivity index (χ3v) is 3.39. The number of rotatable bonds is 3. The molecule has 1 aliphatic rings. The summed E-state index contributed by atoms with van der Waals surface area (Å²) in [5, 5.41) is 0. The van der Waals surface area contributed by atoms with Gasteiger partial charge in [0.25, 0.3) is 5.91 Å². The van der Waals surface area contributed by atoms with Gasteiger partial charge in [-0.1, -0.05) is 0 Å². The largest absolute Gasteiger partial charge is 0.476 e. The van der Waals surface area contributed by atoms with Gasteiger partial charge in [-0.05, 0) is 45.9 Å². The Bertz CT molecular complexity index is 564. The summed E-state index contributed by atoms with van der Waals surface area (Å²) in [5.41, 5.74) is 5.85. The van der Waals surface area contributed by atoms with Crippen LogP contribution in [-0.2, 0) is 4.79 Å². The number of carbonyl (C=O) groups excluding carboxylic acids is 2. The summed E-state index contributed by atoms with van der Waals surface area (Å²) < 4.78 is 5.73. The maximum absolute atomic E-state index is 12.3. The van der Waals surface area contributed by atoms with Crippen LogP contribution in [0.25, 0.3) is 0 Å². The molecule has 5 heteroatoms. The van der Waals surface area contributed by atoms with Crippen LogP contribution in [-0.4, -0.2) is 29.9 Å². The minimum atomic E-state index is -0.893. The van der Waals surface area contributed by atoms with Gasteiger partial charge in [0, 0.05) is 12.1 Å². The second-order valence-corrected chi connectivity index (χ2v) is 5.50. The highest BCUT2D eigenvalue weighted by molar-refractivity contribution is 6.05. The number of ether oxygens (including phenoxy) is 1. The van der Waals surface area contributed by atoms with Crippen LogP contribution in [0.2, 0.25) is 0 Å². The highest BCUT2D eigenvalue weighted by atomic mass is 16.5. The molecule has 1 aromatic rings. The summed E-state index contributed by atoms with van der Waals surface area (Å²) in [6.45, 7) is 7.53. The van der Waals surface area contributed by atoms with Crippen LogP contribution in [0, 0.1) is 0 Å². The number of benzene rings is 1. The Morgan fingerprint density at radius 3 is 2.65 bits per heavy atom. The molecule has 0 saturated heterocycles. The summed E-state index contributed by atoms with van der Waals surface area (Å²) in [7, 11) is 0. The Morgan fingerprint density at radius 1 is 1.45 bits per heavy atom. The van der Waals surface area contributed by atoms with Crippen molar-refractivity contribution in [3.8, 4) is 5.75 Å². The van der Waals surface area contributed by atoms with Crippen molar-refractivity contribution in [3.63, 3.8) is 0 Å². The summed E-state index contributed by atoms with van der Waals surface area (Å²) in [6, 6.07) is 4.52. The highest BCUT2D eigenvalue weighted by Gasteiger charge is 2.40. The van der Waals surface area contributed by atoms with Crippen LogP contribution in [0.3, 0.4) is 0 Å². The Labute approximate surface area is 118 Å². The smallest absolute Gasteiger partial charge is 0.270 e. The number of hydrogen-bond donors (Lipinski definition) is 1. The predicted molar refractivity (Wildman–Crippen MR) is 77.2 cm³/mol. The SMILES string of the molecule is CCN1C(=O)C(C)(C)Oc2ccc(C(=O)C(C)N)cc21. The molecule has 5 nitrogen and oxygen atoms in total. The molecule has 0 radical (unpaired) electrons. The highest BCUT2D eigenvalue weighted by Crippen LogP contribution is 2.38. The molecule has 0 fully saturated rings. The standard InChI is InChI=1S/C15H20N2O3/c1-5-17-11-8-10(13(18)9(2)16)6-7-12(11)20-15(3,4)14(17)19/h6-9H,5,16H2,1-4H3. The molecule has 0 aromatic heterocycles. The first kappa shape index (κ1) is 14.5. The lowest BCUT2D eigenvalue weighted by molar-refractivity contribution is -0.132. The molecule has 2 N–H and O–H groups in total. The number of nitrogens with two attached hydrogens (primary N) is 1. The average Bonchev–Trinajstić information content (AvgIpc) is 2.38. The third-order valence-electron chi connectivity index (χ3n) is 3.39. The average molecular weight is 276 g/mol. The van der Waals surface area contributed by atoms with Gasteiger partial charge in [-0.25, -0.2) is 0 Å². The fraction of sp³-hybridized carbons (Fsp3) is 0.467. The van der Waals surface area contributed by atoms with E-state index in [1.807, 2.05) is 6.92 Å². The van der Waals surface area contributed by atoms with Gasteiger partial charge >= 0.3 is 0 Å². The second-order valence-electron chi connectivity index (χ2n) is 5.50. The van der Waals surface area contributed by atoms with E-state index in [4.69, 9.17) is 10.5 Å². The van der Waals surface area contributed by atoms with Crippen LogP contribution in [0.5, 0.6) is 5.75 Å². The third kappa shape index (κ3) is 2.29. The van der Waals surface area contributed by atoms with E-state index >= 15 is 0 Å². The fourth-order valence-corrected chi connectivity index (χ4v) is 2.30. The van der Waals surface area contributed by atoms with E-state index in [2.05, 4.69) is 0 Å². The molecular formula is C15H20N2O3. The number of hydrogen-bond acceptors (Lipinski definition) is 4. The van der Waals surface area contributed by atoms with Gasteiger partial charge in [-0.15, -0.1) is 0 Å². The zero-order chi connectivity index (χ0) is 15.1. The van der Waals surface area contributed by atoms with Crippen molar-refractivity contribution >= 4 is 17.4 Å². The van der Waals surface area contributed by atoms with E-state index in [1.165, 1.54) is 0 Å². The van der Waals surface area contributed by atoms with Crippen molar-refractivity contribution < 1.29 is 14.3 Å². The number of nitrogens with zero attached hydrogens (tertiary/aromatic N) is 1. The summed E-state index contributed by atoms with van der Waals surface area (Å²) in [4.78, 5) is 25.9. The van der Waals surface area contributed by atoms with Gasteiger partial charge in [0.05, 0.1) is 11.7 Å². The second kappa shape index (κ2) is 4.90. The first-order valence-electron chi connectivity index (χ1n) is 6.72. The number of ketones is 1. The van der Waals surface area contributed by atoms with Gasteiger partial charge in [-0.3, -0.25) is 9.59 Å². The maximum Gasteiger partial charge on any atom is 0.270 e. The lowest BCUT2D eigenvalue weighted by Crippen LogP contribution is -2.52. The summed E-state index contributed by atoms with van der Waals surface area (Å²) in [5.74, 6) is 0.344. The first-order chi connectivity index (χ1) is 9.27. The van der Waals surface area contributed by atoms with Gasteiger partial charge in [-0.2, -0.15) is 0 Å². The number of amides is 1. The molecule has 1 aromatic carbocycles. The zero-order valence-corrected chi connectivity index (χ0v) is 12.3. The Balaban J connectivity index is 2.51. The van der Waals surface area contributed by atoms with Crippen molar-refractivity contribution in [3.05, 3.63) is 23.8 Å². The molecule has 1 heterocycles. The number of Topliss-reactive ketones (excluding diaryl/α,β-unsaturated/α-hetero) is 1. The van der Waals surface area contributed by atoms with Crippen molar-refractivity contribution in [2.75, 3.05) is 11.4 Å². The zero-order valence-electron chi connectivity index (χ0n) is 12.3. The van der Waals surface area contributed by atoms with Crippen LogP contribution in [0.1, 0.15) is 38.1 Å². The minimum Gasteiger partial charge on any atom is -0.476 e. The van der Waals surface area contributed by atoms with Gasteiger partial charge in [0.2, 0.25) is 0 Å². The molecule has 0 aliphatic carbocycles. The van der Waals surface area contributed by atoms with Gasteiger partial charge in [0.15, 0.2) is 11.4 Å². The van der Waals surface area contributed by atoms with E-state index < -0.39 is 11.6 Å². The van der Waals surface area contributed by atoms with Crippen LogP contribution in [0.15, 0.2) is 18.2 Å². The molecule has 1 amide bonds. The quantitative estimate of drug-likeness (QED) is 0.853. The lowest BCUT2D eigenvalue weighted by atomic mass is 10.0. The van der Waals surface area contributed by atoms with E-state index in [0.717, 1.165) is 0 Å². The molecule has 108 valence electrons. The molecule has 2 rings (SSSR count).